The van der Waals surface area contributed by atoms with Crippen molar-refractivity contribution >= 4 is 34.0 Å². The lowest BCUT2D eigenvalue weighted by molar-refractivity contribution is 0.101. The highest BCUT2D eigenvalue weighted by Crippen LogP contribution is 2.30. The summed E-state index contributed by atoms with van der Waals surface area (Å²) in [6.07, 6.45) is 3.00. The van der Waals surface area contributed by atoms with Crippen LogP contribution in [-0.4, -0.2) is 55.1 Å². The number of fused-ring (bicyclic) bond motifs is 1. The third-order valence-electron chi connectivity index (χ3n) is 5.88. The molecule has 158 valence electrons. The van der Waals surface area contributed by atoms with E-state index in [4.69, 9.17) is 16.3 Å². The Hall–Kier alpha value is -2.50. The van der Waals surface area contributed by atoms with Gasteiger partial charge in [-0.3, -0.25) is 9.69 Å². The molecule has 0 radical (unpaired) electrons. The fraction of sp³-hybridized carbons (Fsp3) is 0.375. The molecular weight excluding hydrogens is 398 g/mol. The van der Waals surface area contributed by atoms with Gasteiger partial charge < -0.3 is 14.2 Å². The SMILES string of the molecule is COc1cccc2c(C(C)=O)cn(CCCN3CCN(c4cccc(Cl)c4)CC3)c12. The summed E-state index contributed by atoms with van der Waals surface area (Å²) in [7, 11) is 1.68. The minimum atomic E-state index is 0.0872. The molecule has 0 saturated carbocycles. The van der Waals surface area contributed by atoms with Gasteiger partial charge in [-0.2, -0.15) is 0 Å². The molecule has 30 heavy (non-hydrogen) atoms. The molecule has 1 aliphatic rings. The predicted molar refractivity (Wildman–Crippen MR) is 123 cm³/mol. The zero-order chi connectivity index (χ0) is 21.1. The van der Waals surface area contributed by atoms with Crippen molar-refractivity contribution in [3.05, 3.63) is 59.2 Å². The number of benzene rings is 2. The van der Waals surface area contributed by atoms with Crippen LogP contribution in [0.1, 0.15) is 23.7 Å². The standard InChI is InChI=1S/C24H28ClN3O2/c1-18(29)22-17-28(24-21(22)8-4-9-23(24)30-2)11-5-10-26-12-14-27(15-13-26)20-7-3-6-19(25)16-20/h3-4,6-9,16-17H,5,10-15H2,1-2H3. The number of anilines is 1. The van der Waals surface area contributed by atoms with Crippen LogP contribution in [0, 0.1) is 0 Å². The van der Waals surface area contributed by atoms with Crippen molar-refractivity contribution in [1.29, 1.82) is 0 Å². The summed E-state index contributed by atoms with van der Waals surface area (Å²) in [5, 5.41) is 1.76. The van der Waals surface area contributed by atoms with Gasteiger partial charge in [-0.1, -0.05) is 29.8 Å². The van der Waals surface area contributed by atoms with E-state index < -0.39 is 0 Å². The van der Waals surface area contributed by atoms with E-state index in [2.05, 4.69) is 20.4 Å². The topological polar surface area (TPSA) is 37.7 Å². The molecule has 6 heteroatoms. The Morgan fingerprint density at radius 1 is 1.07 bits per heavy atom. The van der Waals surface area contributed by atoms with E-state index in [9.17, 15) is 4.79 Å². The fourth-order valence-corrected chi connectivity index (χ4v) is 4.50. The van der Waals surface area contributed by atoms with Gasteiger partial charge in [0.25, 0.3) is 0 Å². The first-order chi connectivity index (χ1) is 14.6. The number of Topliss-reactive ketones (excluding diaryl/α,β-unsaturated/α-hetero) is 1. The van der Waals surface area contributed by atoms with E-state index in [-0.39, 0.29) is 5.78 Å². The molecule has 0 spiro atoms. The Balaban J connectivity index is 1.37. The molecule has 1 fully saturated rings. The molecule has 1 aromatic heterocycles. The van der Waals surface area contributed by atoms with Crippen molar-refractivity contribution in [2.24, 2.45) is 0 Å². The molecule has 2 heterocycles. The van der Waals surface area contributed by atoms with E-state index >= 15 is 0 Å². The number of carbonyl (C=O) groups is 1. The molecule has 1 saturated heterocycles. The van der Waals surface area contributed by atoms with Crippen LogP contribution < -0.4 is 9.64 Å². The maximum absolute atomic E-state index is 12.1. The van der Waals surface area contributed by atoms with Gasteiger partial charge in [-0.25, -0.2) is 0 Å². The van der Waals surface area contributed by atoms with E-state index in [0.717, 1.165) is 72.9 Å². The van der Waals surface area contributed by atoms with Crippen LogP contribution in [0.15, 0.2) is 48.7 Å². The number of piperazine rings is 1. The van der Waals surface area contributed by atoms with Crippen LogP contribution in [-0.2, 0) is 6.54 Å². The summed E-state index contributed by atoms with van der Waals surface area (Å²) in [5.74, 6) is 0.902. The minimum Gasteiger partial charge on any atom is -0.495 e. The smallest absolute Gasteiger partial charge is 0.161 e. The zero-order valence-corrected chi connectivity index (χ0v) is 18.4. The third-order valence-corrected chi connectivity index (χ3v) is 6.11. The molecule has 0 atom stereocenters. The predicted octanol–water partition coefficient (Wildman–Crippen LogP) is 4.72. The summed E-state index contributed by atoms with van der Waals surface area (Å²) in [6, 6.07) is 14.0. The highest BCUT2D eigenvalue weighted by atomic mass is 35.5. The Morgan fingerprint density at radius 3 is 2.53 bits per heavy atom. The quantitative estimate of drug-likeness (QED) is 0.513. The number of rotatable bonds is 7. The van der Waals surface area contributed by atoms with Crippen molar-refractivity contribution in [3.63, 3.8) is 0 Å². The first-order valence-corrected chi connectivity index (χ1v) is 10.8. The van der Waals surface area contributed by atoms with Crippen molar-refractivity contribution in [3.8, 4) is 5.75 Å². The number of aryl methyl sites for hydroxylation is 1. The van der Waals surface area contributed by atoms with Crippen molar-refractivity contribution in [2.75, 3.05) is 44.7 Å². The highest BCUT2D eigenvalue weighted by Gasteiger charge is 2.18. The van der Waals surface area contributed by atoms with E-state index in [1.807, 2.05) is 42.6 Å². The van der Waals surface area contributed by atoms with Crippen molar-refractivity contribution in [1.82, 2.24) is 9.47 Å². The van der Waals surface area contributed by atoms with Gasteiger partial charge in [-0.15, -0.1) is 0 Å². The number of ketones is 1. The normalized spacial score (nSPS) is 15.0. The first kappa shape index (κ1) is 20.8. The number of ether oxygens (including phenoxy) is 1. The maximum atomic E-state index is 12.1. The van der Waals surface area contributed by atoms with Gasteiger partial charge in [0.15, 0.2) is 5.78 Å². The average molecular weight is 426 g/mol. The lowest BCUT2D eigenvalue weighted by Crippen LogP contribution is -2.46. The largest absolute Gasteiger partial charge is 0.495 e. The van der Waals surface area contributed by atoms with E-state index in [1.165, 1.54) is 5.69 Å². The van der Waals surface area contributed by atoms with Crippen LogP contribution >= 0.6 is 11.6 Å². The number of aromatic nitrogens is 1. The number of para-hydroxylation sites is 1. The number of halogens is 1. The fourth-order valence-electron chi connectivity index (χ4n) is 4.31. The van der Waals surface area contributed by atoms with Crippen LogP contribution in [0.3, 0.4) is 0 Å². The Kier molecular flexibility index (Phi) is 6.30. The first-order valence-electron chi connectivity index (χ1n) is 10.5. The number of carbonyl (C=O) groups excluding carboxylic acids is 1. The lowest BCUT2D eigenvalue weighted by atomic mass is 10.1. The van der Waals surface area contributed by atoms with E-state index in [1.54, 1.807) is 14.0 Å². The Morgan fingerprint density at radius 2 is 1.83 bits per heavy atom. The molecule has 0 aliphatic carbocycles. The van der Waals surface area contributed by atoms with Crippen molar-refractivity contribution < 1.29 is 9.53 Å². The van der Waals surface area contributed by atoms with E-state index in [0.29, 0.717) is 0 Å². The van der Waals surface area contributed by atoms with Gasteiger partial charge >= 0.3 is 0 Å². The second kappa shape index (κ2) is 9.11. The van der Waals surface area contributed by atoms with Gasteiger partial charge in [-0.05, 0) is 44.2 Å². The summed E-state index contributed by atoms with van der Waals surface area (Å²) >= 11 is 6.13. The monoisotopic (exact) mass is 425 g/mol. The third kappa shape index (κ3) is 4.32. The summed E-state index contributed by atoms with van der Waals surface area (Å²) in [4.78, 5) is 17.0. The molecule has 0 bridgehead atoms. The van der Waals surface area contributed by atoms with Crippen LogP contribution in [0.5, 0.6) is 5.75 Å². The minimum absolute atomic E-state index is 0.0872. The summed E-state index contributed by atoms with van der Waals surface area (Å²) < 4.78 is 7.74. The second-order valence-corrected chi connectivity index (χ2v) is 8.25. The van der Waals surface area contributed by atoms with Gasteiger partial charge in [0.2, 0.25) is 0 Å². The molecule has 5 nitrogen and oxygen atoms in total. The maximum Gasteiger partial charge on any atom is 0.161 e. The van der Waals surface area contributed by atoms with Crippen LogP contribution in [0.25, 0.3) is 10.9 Å². The molecule has 0 amide bonds. The van der Waals surface area contributed by atoms with Gasteiger partial charge in [0.1, 0.15) is 5.75 Å². The number of methoxy groups -OCH3 is 1. The van der Waals surface area contributed by atoms with Gasteiger partial charge in [0.05, 0.1) is 12.6 Å². The molecule has 3 aromatic rings. The Labute approximate surface area is 182 Å². The molecule has 0 N–H and O–H groups in total. The lowest BCUT2D eigenvalue weighted by Gasteiger charge is -2.36. The molecule has 4 rings (SSSR count). The van der Waals surface area contributed by atoms with Gasteiger partial charge in [0, 0.05) is 60.6 Å². The summed E-state index contributed by atoms with van der Waals surface area (Å²) in [6.45, 7) is 7.62. The molecule has 2 aromatic carbocycles. The highest BCUT2D eigenvalue weighted by molar-refractivity contribution is 6.30. The van der Waals surface area contributed by atoms with Crippen molar-refractivity contribution in [2.45, 2.75) is 19.9 Å². The van der Waals surface area contributed by atoms with Crippen LogP contribution in [0.2, 0.25) is 5.02 Å². The number of nitrogens with zero attached hydrogens (tertiary/aromatic N) is 3. The molecule has 0 unspecified atom stereocenters. The average Bonchev–Trinajstić information content (AvgIpc) is 3.13. The summed E-state index contributed by atoms with van der Waals surface area (Å²) in [5.41, 5.74) is 2.97. The zero-order valence-electron chi connectivity index (χ0n) is 17.6. The second-order valence-electron chi connectivity index (χ2n) is 7.81. The molecular formula is C24H28ClN3O2. The number of hydrogen-bond acceptors (Lipinski definition) is 4. The van der Waals surface area contributed by atoms with Crippen LogP contribution in [0.4, 0.5) is 5.69 Å². The Bertz CT molecular complexity index is 1040. The number of hydrogen-bond donors (Lipinski definition) is 0. The molecule has 1 aliphatic heterocycles.